The Kier molecular flexibility index (Phi) is 4.17. The molecule has 2 aromatic rings. The first-order chi connectivity index (χ1) is 11.5. The standard InChI is InChI=1S/C16H17BrClN3O3/c17-10-4-9-12(5-11(10)18)20-8-21(15(9)22)7-16(23)6-13-14(24-16)2-1-3-19-13/h4-5,8,13-14,19,23H,1-3,6-7H2. The van der Waals surface area contributed by atoms with Crippen molar-refractivity contribution in [2.75, 3.05) is 6.54 Å². The van der Waals surface area contributed by atoms with E-state index < -0.39 is 5.79 Å². The Hall–Kier alpha value is -0.990. The lowest BCUT2D eigenvalue weighted by molar-refractivity contribution is -0.202. The third-order valence-electron chi connectivity index (χ3n) is 4.71. The second-order valence-electron chi connectivity index (χ2n) is 6.47. The van der Waals surface area contributed by atoms with Crippen LogP contribution < -0.4 is 10.9 Å². The van der Waals surface area contributed by atoms with Crippen LogP contribution in [0.25, 0.3) is 10.9 Å². The van der Waals surface area contributed by atoms with Gasteiger partial charge < -0.3 is 15.2 Å². The van der Waals surface area contributed by atoms with Gasteiger partial charge in [-0.2, -0.15) is 0 Å². The van der Waals surface area contributed by atoms with Crippen molar-refractivity contribution in [3.63, 3.8) is 0 Å². The van der Waals surface area contributed by atoms with Crippen LogP contribution in [-0.2, 0) is 11.3 Å². The van der Waals surface area contributed by atoms with Crippen molar-refractivity contribution >= 4 is 38.4 Å². The average molecular weight is 415 g/mol. The highest BCUT2D eigenvalue weighted by Crippen LogP contribution is 2.34. The third kappa shape index (κ3) is 2.88. The fourth-order valence-electron chi connectivity index (χ4n) is 3.58. The zero-order valence-electron chi connectivity index (χ0n) is 12.8. The zero-order valence-corrected chi connectivity index (χ0v) is 15.2. The maximum Gasteiger partial charge on any atom is 0.261 e. The summed E-state index contributed by atoms with van der Waals surface area (Å²) in [5.41, 5.74) is 0.302. The van der Waals surface area contributed by atoms with E-state index >= 15 is 0 Å². The molecule has 0 radical (unpaired) electrons. The molecule has 2 aliphatic rings. The Morgan fingerprint density at radius 1 is 1.54 bits per heavy atom. The Bertz CT molecular complexity index is 842. The van der Waals surface area contributed by atoms with E-state index in [0.29, 0.717) is 26.8 Å². The van der Waals surface area contributed by atoms with Gasteiger partial charge in [-0.05, 0) is 47.4 Å². The molecule has 3 unspecified atom stereocenters. The molecule has 1 aromatic carbocycles. The lowest BCUT2D eigenvalue weighted by atomic mass is 9.99. The molecule has 0 saturated carbocycles. The number of nitrogens with zero attached hydrogens (tertiary/aromatic N) is 2. The molecule has 2 aliphatic heterocycles. The number of ether oxygens (including phenoxy) is 1. The highest BCUT2D eigenvalue weighted by atomic mass is 79.9. The van der Waals surface area contributed by atoms with E-state index in [2.05, 4.69) is 26.2 Å². The summed E-state index contributed by atoms with van der Waals surface area (Å²) >= 11 is 9.37. The minimum atomic E-state index is -1.35. The normalized spacial score (nSPS) is 29.8. The Labute approximate surface area is 151 Å². The van der Waals surface area contributed by atoms with Crippen molar-refractivity contribution in [3.8, 4) is 0 Å². The van der Waals surface area contributed by atoms with Crippen LogP contribution in [0.4, 0.5) is 0 Å². The Morgan fingerprint density at radius 3 is 3.17 bits per heavy atom. The highest BCUT2D eigenvalue weighted by molar-refractivity contribution is 9.10. The summed E-state index contributed by atoms with van der Waals surface area (Å²) in [5.74, 6) is -1.35. The number of aliphatic hydroxyl groups is 1. The van der Waals surface area contributed by atoms with Crippen LogP contribution in [0, 0.1) is 0 Å². The molecule has 2 fully saturated rings. The van der Waals surface area contributed by atoms with E-state index in [1.54, 1.807) is 12.1 Å². The van der Waals surface area contributed by atoms with Gasteiger partial charge in [-0.25, -0.2) is 4.98 Å². The quantitative estimate of drug-likeness (QED) is 0.786. The zero-order chi connectivity index (χ0) is 16.9. The van der Waals surface area contributed by atoms with Gasteiger partial charge in [-0.1, -0.05) is 11.6 Å². The number of piperidine rings is 1. The molecular weight excluding hydrogens is 398 g/mol. The molecule has 2 N–H and O–H groups in total. The summed E-state index contributed by atoms with van der Waals surface area (Å²) in [7, 11) is 0. The van der Waals surface area contributed by atoms with Crippen molar-refractivity contribution in [1.82, 2.24) is 14.9 Å². The van der Waals surface area contributed by atoms with Crippen molar-refractivity contribution in [1.29, 1.82) is 0 Å². The molecule has 0 amide bonds. The van der Waals surface area contributed by atoms with Crippen LogP contribution in [0.15, 0.2) is 27.7 Å². The molecular formula is C16H17BrClN3O3. The van der Waals surface area contributed by atoms with Gasteiger partial charge in [0.25, 0.3) is 5.56 Å². The van der Waals surface area contributed by atoms with Crippen LogP contribution in [-0.4, -0.2) is 39.1 Å². The van der Waals surface area contributed by atoms with Crippen molar-refractivity contribution < 1.29 is 9.84 Å². The van der Waals surface area contributed by atoms with E-state index in [0.717, 1.165) is 19.4 Å². The SMILES string of the molecule is O=c1c2cc(Br)c(Cl)cc2ncn1CC1(O)CC2NCCCC2O1. The van der Waals surface area contributed by atoms with Gasteiger partial charge >= 0.3 is 0 Å². The lowest BCUT2D eigenvalue weighted by Gasteiger charge is -2.25. The predicted molar refractivity (Wildman–Crippen MR) is 94.2 cm³/mol. The molecule has 3 atom stereocenters. The largest absolute Gasteiger partial charge is 0.364 e. The maximum absolute atomic E-state index is 12.7. The van der Waals surface area contributed by atoms with Gasteiger partial charge in [-0.15, -0.1) is 0 Å². The van der Waals surface area contributed by atoms with Crippen LogP contribution in [0.2, 0.25) is 5.02 Å². The fraction of sp³-hybridized carbons (Fsp3) is 0.500. The van der Waals surface area contributed by atoms with Crippen LogP contribution in [0.1, 0.15) is 19.3 Å². The second-order valence-corrected chi connectivity index (χ2v) is 7.73. The highest BCUT2D eigenvalue weighted by Gasteiger charge is 2.46. The summed E-state index contributed by atoms with van der Waals surface area (Å²) in [6.45, 7) is 0.997. The molecule has 8 heteroatoms. The topological polar surface area (TPSA) is 76.4 Å². The molecule has 3 heterocycles. The van der Waals surface area contributed by atoms with E-state index in [1.165, 1.54) is 10.9 Å². The number of aromatic nitrogens is 2. The molecule has 2 saturated heterocycles. The number of fused-ring (bicyclic) bond motifs is 2. The number of hydrogen-bond acceptors (Lipinski definition) is 5. The third-order valence-corrected chi connectivity index (χ3v) is 5.91. The lowest BCUT2D eigenvalue weighted by Crippen LogP contribution is -2.41. The molecule has 128 valence electrons. The second kappa shape index (κ2) is 6.07. The fourth-order valence-corrected chi connectivity index (χ4v) is 4.08. The monoisotopic (exact) mass is 413 g/mol. The summed E-state index contributed by atoms with van der Waals surface area (Å²) in [6, 6.07) is 3.44. The minimum absolute atomic E-state index is 0.000758. The van der Waals surface area contributed by atoms with E-state index in [1.807, 2.05) is 0 Å². The average Bonchev–Trinajstić information content (AvgIpc) is 2.88. The van der Waals surface area contributed by atoms with Crippen LogP contribution in [0.3, 0.4) is 0 Å². The van der Waals surface area contributed by atoms with Gasteiger partial charge in [0, 0.05) is 16.9 Å². The molecule has 6 nitrogen and oxygen atoms in total. The first kappa shape index (κ1) is 16.5. The number of hydrogen-bond donors (Lipinski definition) is 2. The number of rotatable bonds is 2. The number of benzene rings is 1. The first-order valence-electron chi connectivity index (χ1n) is 7.93. The van der Waals surface area contributed by atoms with Crippen molar-refractivity contribution in [2.45, 2.75) is 43.7 Å². The van der Waals surface area contributed by atoms with E-state index in [-0.39, 0.29) is 24.2 Å². The van der Waals surface area contributed by atoms with Crippen LogP contribution >= 0.6 is 27.5 Å². The van der Waals surface area contributed by atoms with E-state index in [4.69, 9.17) is 16.3 Å². The number of halogens is 2. The Morgan fingerprint density at radius 2 is 2.38 bits per heavy atom. The smallest absolute Gasteiger partial charge is 0.261 e. The molecule has 0 aliphatic carbocycles. The minimum Gasteiger partial charge on any atom is -0.364 e. The molecule has 24 heavy (non-hydrogen) atoms. The molecule has 0 spiro atoms. The number of nitrogens with one attached hydrogen (secondary N) is 1. The summed E-state index contributed by atoms with van der Waals surface area (Å²) in [4.78, 5) is 17.0. The van der Waals surface area contributed by atoms with E-state index in [9.17, 15) is 9.90 Å². The van der Waals surface area contributed by atoms with Gasteiger partial charge in [0.15, 0.2) is 5.79 Å². The van der Waals surface area contributed by atoms with Crippen molar-refractivity contribution in [2.24, 2.45) is 0 Å². The summed E-state index contributed by atoms with van der Waals surface area (Å²) < 4.78 is 7.88. The molecule has 0 bridgehead atoms. The maximum atomic E-state index is 12.7. The predicted octanol–water partition coefficient (Wildman–Crippen LogP) is 2.04. The summed E-state index contributed by atoms with van der Waals surface area (Å²) in [5, 5.41) is 15.1. The van der Waals surface area contributed by atoms with Crippen LogP contribution in [0.5, 0.6) is 0 Å². The van der Waals surface area contributed by atoms with Gasteiger partial charge in [0.2, 0.25) is 0 Å². The van der Waals surface area contributed by atoms with Gasteiger partial charge in [-0.3, -0.25) is 9.36 Å². The summed E-state index contributed by atoms with van der Waals surface area (Å²) in [6.07, 6.45) is 3.86. The van der Waals surface area contributed by atoms with Gasteiger partial charge in [0.05, 0.1) is 34.9 Å². The first-order valence-corrected chi connectivity index (χ1v) is 9.10. The molecule has 1 aromatic heterocycles. The Balaban J connectivity index is 1.66. The van der Waals surface area contributed by atoms with Gasteiger partial charge in [0.1, 0.15) is 0 Å². The molecule has 4 rings (SSSR count). The van der Waals surface area contributed by atoms with Crippen molar-refractivity contribution in [3.05, 3.63) is 38.3 Å².